The van der Waals surface area contributed by atoms with Crippen molar-refractivity contribution in [1.29, 1.82) is 0 Å². The van der Waals surface area contributed by atoms with E-state index in [9.17, 15) is 14.7 Å². The van der Waals surface area contributed by atoms with Crippen LogP contribution in [-0.4, -0.2) is 42.3 Å². The number of aliphatic hydroxyl groups excluding tert-OH is 1. The first-order chi connectivity index (χ1) is 14.1. The van der Waals surface area contributed by atoms with Crippen LogP contribution in [-0.2, 0) is 4.74 Å². The predicted molar refractivity (Wildman–Crippen MR) is 108 cm³/mol. The maximum atomic E-state index is 12.5. The van der Waals surface area contributed by atoms with E-state index >= 15 is 0 Å². The number of ether oxygens (including phenoxy) is 2. The molecule has 0 saturated heterocycles. The zero-order chi connectivity index (χ0) is 20.2. The Kier molecular flexibility index (Phi) is 5.92. The number of nitrogens with zero attached hydrogens (tertiary/aromatic N) is 1. The minimum Gasteiger partial charge on any atom is -0.491 e. The standard InChI is InChI=1S/C23H25NO5/c25-17(14-28-18-6-2-1-3-7-18)15-29-19-12-10-16(11-13-19)24-22(26)20-8-4-5-9-21(20)23(24)27/h4-5,8-13,17-18,25H,1-3,6-7,14-15H2. The number of hydrogen-bond donors (Lipinski definition) is 1. The number of carbonyl (C=O) groups excluding carboxylic acids is 2. The van der Waals surface area contributed by atoms with Gasteiger partial charge in [-0.25, -0.2) is 4.90 Å². The SMILES string of the molecule is O=C1c2ccccc2C(=O)N1c1ccc(OCC(O)COC2CCCCC2)cc1. The number of anilines is 1. The molecule has 1 N–H and O–H groups in total. The molecule has 1 aliphatic carbocycles. The third-order valence-corrected chi connectivity index (χ3v) is 5.41. The van der Waals surface area contributed by atoms with E-state index in [1.807, 2.05) is 0 Å². The Balaban J connectivity index is 1.30. The van der Waals surface area contributed by atoms with Gasteiger partial charge in [-0.1, -0.05) is 31.4 Å². The van der Waals surface area contributed by atoms with Gasteiger partial charge in [0.25, 0.3) is 11.8 Å². The van der Waals surface area contributed by atoms with Crippen molar-refractivity contribution in [2.45, 2.75) is 44.3 Å². The van der Waals surface area contributed by atoms with Gasteiger partial charge in [-0.15, -0.1) is 0 Å². The summed E-state index contributed by atoms with van der Waals surface area (Å²) in [6.45, 7) is 0.386. The summed E-state index contributed by atoms with van der Waals surface area (Å²) in [5.41, 5.74) is 1.32. The number of carbonyl (C=O) groups is 2. The Hall–Kier alpha value is -2.70. The lowest BCUT2D eigenvalue weighted by Crippen LogP contribution is -2.29. The highest BCUT2D eigenvalue weighted by Gasteiger charge is 2.36. The third-order valence-electron chi connectivity index (χ3n) is 5.41. The minimum absolute atomic E-state index is 0.124. The van der Waals surface area contributed by atoms with E-state index in [2.05, 4.69) is 0 Å². The van der Waals surface area contributed by atoms with E-state index in [1.165, 1.54) is 24.2 Å². The lowest BCUT2D eigenvalue weighted by atomic mass is 9.98. The molecule has 0 bridgehead atoms. The first kappa shape index (κ1) is 19.6. The van der Waals surface area contributed by atoms with Crippen LogP contribution < -0.4 is 9.64 Å². The van der Waals surface area contributed by atoms with Crippen LogP contribution in [0.1, 0.15) is 52.8 Å². The smallest absolute Gasteiger partial charge is 0.266 e. The van der Waals surface area contributed by atoms with Crippen molar-refractivity contribution in [3.63, 3.8) is 0 Å². The van der Waals surface area contributed by atoms with Gasteiger partial charge in [0.1, 0.15) is 18.5 Å². The molecule has 2 amide bonds. The third kappa shape index (κ3) is 4.33. The van der Waals surface area contributed by atoms with Gasteiger partial charge in [0.2, 0.25) is 0 Å². The second-order valence-electron chi connectivity index (χ2n) is 7.54. The van der Waals surface area contributed by atoms with Crippen LogP contribution in [0.15, 0.2) is 48.5 Å². The second kappa shape index (κ2) is 8.76. The predicted octanol–water partition coefficient (Wildman–Crippen LogP) is 3.58. The van der Waals surface area contributed by atoms with Crippen molar-refractivity contribution in [3.05, 3.63) is 59.7 Å². The zero-order valence-corrected chi connectivity index (χ0v) is 16.3. The van der Waals surface area contributed by atoms with Gasteiger partial charge in [-0.05, 0) is 49.2 Å². The van der Waals surface area contributed by atoms with Crippen LogP contribution in [0.5, 0.6) is 5.75 Å². The molecule has 2 aromatic carbocycles. The fourth-order valence-corrected chi connectivity index (χ4v) is 3.83. The fourth-order valence-electron chi connectivity index (χ4n) is 3.83. The Bertz CT molecular complexity index is 838. The van der Waals surface area contributed by atoms with E-state index < -0.39 is 6.10 Å². The zero-order valence-electron chi connectivity index (χ0n) is 16.3. The number of aliphatic hydroxyl groups is 1. The van der Waals surface area contributed by atoms with E-state index in [4.69, 9.17) is 9.47 Å². The Morgan fingerprint density at radius 2 is 1.52 bits per heavy atom. The van der Waals surface area contributed by atoms with Crippen molar-refractivity contribution in [2.75, 3.05) is 18.1 Å². The van der Waals surface area contributed by atoms with E-state index in [1.54, 1.807) is 48.5 Å². The Morgan fingerprint density at radius 1 is 0.897 bits per heavy atom. The van der Waals surface area contributed by atoms with Crippen molar-refractivity contribution >= 4 is 17.5 Å². The highest BCUT2D eigenvalue weighted by Crippen LogP contribution is 2.29. The molecule has 1 saturated carbocycles. The summed E-state index contributed by atoms with van der Waals surface area (Å²) < 4.78 is 11.4. The quantitative estimate of drug-likeness (QED) is 0.726. The van der Waals surface area contributed by atoms with Gasteiger partial charge in [0, 0.05) is 0 Å². The van der Waals surface area contributed by atoms with Crippen molar-refractivity contribution in [2.24, 2.45) is 0 Å². The average molecular weight is 395 g/mol. The lowest BCUT2D eigenvalue weighted by Gasteiger charge is -2.23. The molecular weight excluding hydrogens is 370 g/mol. The first-order valence-electron chi connectivity index (χ1n) is 10.1. The molecule has 29 heavy (non-hydrogen) atoms. The van der Waals surface area contributed by atoms with Gasteiger partial charge in [-0.2, -0.15) is 0 Å². The van der Waals surface area contributed by atoms with E-state index in [-0.39, 0.29) is 31.1 Å². The Morgan fingerprint density at radius 3 is 2.14 bits per heavy atom. The van der Waals surface area contributed by atoms with Crippen molar-refractivity contribution in [3.8, 4) is 5.75 Å². The molecular formula is C23H25NO5. The molecule has 0 radical (unpaired) electrons. The topological polar surface area (TPSA) is 76.1 Å². The number of rotatable bonds is 7. The fraction of sp³-hybridized carbons (Fsp3) is 0.391. The maximum Gasteiger partial charge on any atom is 0.266 e. The molecule has 1 aliphatic heterocycles. The number of amides is 2. The summed E-state index contributed by atoms with van der Waals surface area (Å²) in [5.74, 6) is -0.0915. The monoisotopic (exact) mass is 395 g/mol. The van der Waals surface area contributed by atoms with Crippen molar-refractivity contribution in [1.82, 2.24) is 0 Å². The Labute approximate surface area is 170 Å². The summed E-state index contributed by atoms with van der Waals surface area (Å²) in [5, 5.41) is 10.1. The summed E-state index contributed by atoms with van der Waals surface area (Å²) in [4.78, 5) is 26.2. The maximum absolute atomic E-state index is 12.5. The number of benzene rings is 2. The lowest BCUT2D eigenvalue weighted by molar-refractivity contribution is -0.0362. The molecule has 1 fully saturated rings. The van der Waals surface area contributed by atoms with Gasteiger partial charge < -0.3 is 14.6 Å². The summed E-state index contributed by atoms with van der Waals surface area (Å²) in [6.07, 6.45) is 5.32. The van der Waals surface area contributed by atoms with Gasteiger partial charge in [0.05, 0.1) is 29.5 Å². The molecule has 6 heteroatoms. The molecule has 1 heterocycles. The van der Waals surface area contributed by atoms with Crippen molar-refractivity contribution < 1.29 is 24.2 Å². The van der Waals surface area contributed by atoms with E-state index in [0.29, 0.717) is 22.6 Å². The highest BCUT2D eigenvalue weighted by molar-refractivity contribution is 6.34. The van der Waals surface area contributed by atoms with Crippen LogP contribution in [0, 0.1) is 0 Å². The van der Waals surface area contributed by atoms with Gasteiger partial charge >= 0.3 is 0 Å². The summed E-state index contributed by atoms with van der Waals surface area (Å²) in [7, 11) is 0. The molecule has 152 valence electrons. The number of imide groups is 1. The number of fused-ring (bicyclic) bond motifs is 1. The molecule has 4 rings (SSSR count). The minimum atomic E-state index is -0.701. The number of hydrogen-bond acceptors (Lipinski definition) is 5. The molecule has 1 atom stereocenters. The van der Waals surface area contributed by atoms with Gasteiger partial charge in [0.15, 0.2) is 0 Å². The summed E-state index contributed by atoms with van der Waals surface area (Å²) >= 11 is 0. The molecule has 1 unspecified atom stereocenters. The molecule has 0 spiro atoms. The average Bonchev–Trinajstić information content (AvgIpc) is 3.02. The highest BCUT2D eigenvalue weighted by atomic mass is 16.5. The van der Waals surface area contributed by atoms with Crippen LogP contribution in [0.25, 0.3) is 0 Å². The second-order valence-corrected chi connectivity index (χ2v) is 7.54. The first-order valence-corrected chi connectivity index (χ1v) is 10.1. The normalized spacial score (nSPS) is 18.0. The largest absolute Gasteiger partial charge is 0.491 e. The van der Waals surface area contributed by atoms with Crippen LogP contribution >= 0.6 is 0 Å². The molecule has 0 aromatic heterocycles. The molecule has 6 nitrogen and oxygen atoms in total. The van der Waals surface area contributed by atoms with E-state index in [0.717, 1.165) is 12.8 Å². The van der Waals surface area contributed by atoms with Crippen LogP contribution in [0.2, 0.25) is 0 Å². The molecule has 2 aliphatic rings. The van der Waals surface area contributed by atoms with Crippen LogP contribution in [0.4, 0.5) is 5.69 Å². The van der Waals surface area contributed by atoms with Crippen LogP contribution in [0.3, 0.4) is 0 Å². The van der Waals surface area contributed by atoms with Gasteiger partial charge in [-0.3, -0.25) is 9.59 Å². The summed E-state index contributed by atoms with van der Waals surface area (Å²) in [6, 6.07) is 13.5. The molecule has 2 aromatic rings.